The van der Waals surface area contributed by atoms with Gasteiger partial charge in [0, 0.05) is 19.4 Å². The van der Waals surface area contributed by atoms with Gasteiger partial charge in [0.25, 0.3) is 5.91 Å². The van der Waals surface area contributed by atoms with Gasteiger partial charge in [-0.2, -0.15) is 0 Å². The van der Waals surface area contributed by atoms with Gasteiger partial charge < -0.3 is 29.2 Å². The third-order valence-electron chi connectivity index (χ3n) is 6.50. The summed E-state index contributed by atoms with van der Waals surface area (Å²) in [5.41, 5.74) is -0.238. The van der Waals surface area contributed by atoms with Gasteiger partial charge >= 0.3 is 12.1 Å². The largest absolute Gasteiger partial charge is 0.493 e. The Morgan fingerprint density at radius 1 is 0.951 bits per heavy atom. The lowest BCUT2D eigenvalue weighted by Gasteiger charge is -2.43. The number of esters is 1. The molecule has 0 aliphatic carbocycles. The van der Waals surface area contributed by atoms with Crippen LogP contribution >= 0.6 is 0 Å². The van der Waals surface area contributed by atoms with E-state index < -0.39 is 23.3 Å². The molecule has 0 saturated carbocycles. The van der Waals surface area contributed by atoms with Crippen molar-refractivity contribution in [3.05, 3.63) is 90.0 Å². The zero-order valence-electron chi connectivity index (χ0n) is 23.8. The molecule has 0 saturated heterocycles. The number of alkyl carbamates (subject to hydrolysis) is 1. The smallest absolute Gasteiger partial charge is 0.407 e. The van der Waals surface area contributed by atoms with Crippen molar-refractivity contribution in [3.8, 4) is 11.5 Å². The second-order valence-corrected chi connectivity index (χ2v) is 10.7. The Hall–Kier alpha value is -4.53. The number of nitrogens with one attached hydrogen (secondary N) is 1. The molecule has 41 heavy (non-hydrogen) atoms. The Morgan fingerprint density at radius 3 is 2.41 bits per heavy atom. The third-order valence-corrected chi connectivity index (χ3v) is 6.50. The van der Waals surface area contributed by atoms with Crippen molar-refractivity contribution in [3.63, 3.8) is 0 Å². The van der Waals surface area contributed by atoms with Gasteiger partial charge in [-0.3, -0.25) is 4.79 Å². The summed E-state index contributed by atoms with van der Waals surface area (Å²) >= 11 is 0. The van der Waals surface area contributed by atoms with E-state index in [-0.39, 0.29) is 38.4 Å². The molecule has 1 atom stereocenters. The number of para-hydroxylation sites is 3. The number of hydrogen-bond acceptors (Lipinski definition) is 7. The summed E-state index contributed by atoms with van der Waals surface area (Å²) in [6, 6.07) is 23.6. The number of carbonyl (C=O) groups excluding carboxylic acids is 3. The number of amides is 2. The number of anilines is 1. The van der Waals surface area contributed by atoms with Crippen molar-refractivity contribution in [1.82, 2.24) is 5.32 Å². The van der Waals surface area contributed by atoms with E-state index >= 15 is 0 Å². The van der Waals surface area contributed by atoms with Crippen LogP contribution in [-0.2, 0) is 20.8 Å². The van der Waals surface area contributed by atoms with Crippen molar-refractivity contribution >= 4 is 23.7 Å². The number of benzene rings is 3. The van der Waals surface area contributed by atoms with Gasteiger partial charge in [-0.1, -0.05) is 42.5 Å². The highest BCUT2D eigenvalue weighted by Crippen LogP contribution is 2.41. The number of hydrogen-bond donors (Lipinski definition) is 1. The van der Waals surface area contributed by atoms with E-state index in [0.717, 1.165) is 5.56 Å². The van der Waals surface area contributed by atoms with Gasteiger partial charge in [-0.05, 0) is 62.7 Å². The van der Waals surface area contributed by atoms with Crippen LogP contribution in [0.5, 0.6) is 11.5 Å². The Bertz CT molecular complexity index is 1370. The number of carbonyl (C=O) groups is 3. The number of ether oxygens (including phenoxy) is 4. The molecule has 9 heteroatoms. The zero-order chi connectivity index (χ0) is 29.5. The molecule has 3 aromatic carbocycles. The first-order valence-corrected chi connectivity index (χ1v) is 13.5. The molecule has 4 rings (SSSR count). The van der Waals surface area contributed by atoms with E-state index in [1.807, 2.05) is 60.7 Å². The van der Waals surface area contributed by atoms with Crippen LogP contribution in [0.25, 0.3) is 0 Å². The van der Waals surface area contributed by atoms with E-state index in [1.165, 1.54) is 7.11 Å². The van der Waals surface area contributed by atoms with Gasteiger partial charge in [0.2, 0.25) is 0 Å². The normalized spacial score (nSPS) is 16.3. The Labute approximate surface area is 240 Å². The number of rotatable bonds is 10. The van der Waals surface area contributed by atoms with Crippen LogP contribution in [0.1, 0.15) is 49.5 Å². The predicted octanol–water partition coefficient (Wildman–Crippen LogP) is 5.52. The van der Waals surface area contributed by atoms with Crippen LogP contribution in [-0.4, -0.2) is 49.4 Å². The summed E-state index contributed by atoms with van der Waals surface area (Å²) in [4.78, 5) is 40.5. The summed E-state index contributed by atoms with van der Waals surface area (Å²) in [6.45, 7) is 5.90. The Morgan fingerprint density at radius 2 is 1.68 bits per heavy atom. The van der Waals surface area contributed by atoms with Gasteiger partial charge in [0.15, 0.2) is 5.60 Å². The Balaban J connectivity index is 1.62. The maximum atomic E-state index is 14.3. The fourth-order valence-electron chi connectivity index (χ4n) is 4.60. The average molecular weight is 561 g/mol. The molecule has 1 aliphatic heterocycles. The SMILES string of the molecule is COC(=O)c1cccc(CN2C(=O)C(CCNC(=O)OC(C)(C)C)(CCOc3ccccc3)Oc3ccccc32)c1. The number of fused-ring (bicyclic) bond motifs is 1. The second kappa shape index (κ2) is 12.8. The standard InChI is InChI=1S/C32H36N2O7/c1-31(2,3)41-30(37)33-19-17-32(18-20-39-25-13-6-5-7-14-25)29(36)34(26-15-8-9-16-27(26)40-32)22-23-11-10-12-24(21-23)28(35)38-4/h5-16,21H,17-20,22H2,1-4H3,(H,33,37). The summed E-state index contributed by atoms with van der Waals surface area (Å²) in [7, 11) is 1.33. The molecule has 0 fully saturated rings. The molecule has 0 radical (unpaired) electrons. The van der Waals surface area contributed by atoms with E-state index in [0.29, 0.717) is 22.7 Å². The minimum Gasteiger partial charge on any atom is -0.493 e. The molecular formula is C32H36N2O7. The lowest BCUT2D eigenvalue weighted by atomic mass is 9.90. The van der Waals surface area contributed by atoms with Gasteiger partial charge in [-0.15, -0.1) is 0 Å². The molecule has 216 valence electrons. The lowest BCUT2D eigenvalue weighted by Crippen LogP contribution is -2.57. The van der Waals surface area contributed by atoms with Crippen LogP contribution in [0.3, 0.4) is 0 Å². The molecule has 2 amide bonds. The van der Waals surface area contributed by atoms with Crippen LogP contribution < -0.4 is 19.7 Å². The van der Waals surface area contributed by atoms with E-state index in [2.05, 4.69) is 5.32 Å². The third kappa shape index (κ3) is 7.57. The number of nitrogens with zero attached hydrogens (tertiary/aromatic N) is 1. The van der Waals surface area contributed by atoms with E-state index in [1.54, 1.807) is 43.9 Å². The lowest BCUT2D eigenvalue weighted by molar-refractivity contribution is -0.137. The topological polar surface area (TPSA) is 103 Å². The summed E-state index contributed by atoms with van der Waals surface area (Å²) < 4.78 is 22.7. The molecule has 1 aliphatic rings. The minimum absolute atomic E-state index is 0.139. The predicted molar refractivity (Wildman–Crippen MR) is 154 cm³/mol. The summed E-state index contributed by atoms with van der Waals surface area (Å²) in [5.74, 6) is 0.478. The molecule has 0 aromatic heterocycles. The molecular weight excluding hydrogens is 524 g/mol. The molecule has 0 spiro atoms. The minimum atomic E-state index is -1.34. The first-order valence-electron chi connectivity index (χ1n) is 13.5. The zero-order valence-corrected chi connectivity index (χ0v) is 23.8. The van der Waals surface area contributed by atoms with Crippen molar-refractivity contribution in [1.29, 1.82) is 0 Å². The molecule has 1 unspecified atom stereocenters. The Kier molecular flexibility index (Phi) is 9.17. The maximum Gasteiger partial charge on any atom is 0.407 e. The van der Waals surface area contributed by atoms with Gasteiger partial charge in [-0.25, -0.2) is 9.59 Å². The first-order chi connectivity index (χ1) is 19.6. The monoisotopic (exact) mass is 560 g/mol. The molecule has 9 nitrogen and oxygen atoms in total. The van der Waals surface area contributed by atoms with Gasteiger partial charge in [0.05, 0.1) is 31.5 Å². The fraction of sp³-hybridized carbons (Fsp3) is 0.344. The van der Waals surface area contributed by atoms with Crippen LogP contribution in [0.2, 0.25) is 0 Å². The summed E-state index contributed by atoms with van der Waals surface area (Å²) in [6.07, 6.45) is -0.173. The van der Waals surface area contributed by atoms with E-state index in [9.17, 15) is 14.4 Å². The molecule has 1 heterocycles. The molecule has 0 bridgehead atoms. The van der Waals surface area contributed by atoms with Crippen molar-refractivity contribution in [2.24, 2.45) is 0 Å². The van der Waals surface area contributed by atoms with Crippen molar-refractivity contribution in [2.45, 2.75) is 51.4 Å². The number of methoxy groups -OCH3 is 1. The average Bonchev–Trinajstić information content (AvgIpc) is 2.94. The van der Waals surface area contributed by atoms with Crippen LogP contribution in [0, 0.1) is 0 Å². The van der Waals surface area contributed by atoms with Crippen LogP contribution in [0.15, 0.2) is 78.9 Å². The van der Waals surface area contributed by atoms with E-state index in [4.69, 9.17) is 18.9 Å². The molecule has 3 aromatic rings. The van der Waals surface area contributed by atoms with Crippen molar-refractivity contribution in [2.75, 3.05) is 25.2 Å². The first kappa shape index (κ1) is 29.5. The molecule has 1 N–H and O–H groups in total. The highest BCUT2D eigenvalue weighted by Gasteiger charge is 2.48. The highest BCUT2D eigenvalue weighted by atomic mass is 16.6. The van der Waals surface area contributed by atoms with Crippen LogP contribution in [0.4, 0.5) is 10.5 Å². The quantitative estimate of drug-likeness (QED) is 0.326. The summed E-state index contributed by atoms with van der Waals surface area (Å²) in [5, 5.41) is 2.75. The van der Waals surface area contributed by atoms with Crippen molar-refractivity contribution < 1.29 is 33.3 Å². The second-order valence-electron chi connectivity index (χ2n) is 10.7. The highest BCUT2D eigenvalue weighted by molar-refractivity contribution is 6.03. The van der Waals surface area contributed by atoms with Gasteiger partial charge in [0.1, 0.15) is 17.1 Å². The maximum absolute atomic E-state index is 14.3. The fourth-order valence-corrected chi connectivity index (χ4v) is 4.60.